The molecule has 0 atom stereocenters. The van der Waals surface area contributed by atoms with Crippen LogP contribution in [0.1, 0.15) is 24.3 Å². The highest BCUT2D eigenvalue weighted by molar-refractivity contribution is 5.52. The zero-order chi connectivity index (χ0) is 11.8. The molecule has 1 saturated heterocycles. The monoisotopic (exact) mass is 231 g/mol. The quantitative estimate of drug-likeness (QED) is 0.799. The fraction of sp³-hybridized carbons (Fsp3) is 0.500. The highest BCUT2D eigenvalue weighted by Crippen LogP contribution is 2.29. The largest absolute Gasteiger partial charge is 0.384 e. The van der Waals surface area contributed by atoms with Crippen LogP contribution in [0.4, 0.5) is 5.82 Å². The van der Waals surface area contributed by atoms with E-state index in [9.17, 15) is 0 Å². The van der Waals surface area contributed by atoms with Gasteiger partial charge in [-0.3, -0.25) is 0 Å². The Kier molecular flexibility index (Phi) is 2.48. The topological polar surface area (TPSA) is 59.5 Å². The van der Waals surface area contributed by atoms with Gasteiger partial charge in [0.25, 0.3) is 0 Å². The van der Waals surface area contributed by atoms with E-state index in [1.165, 1.54) is 18.4 Å². The van der Waals surface area contributed by atoms with Crippen LogP contribution in [0.5, 0.6) is 0 Å². The first kappa shape index (κ1) is 10.5. The lowest BCUT2D eigenvalue weighted by atomic mass is 9.91. The zero-order valence-corrected chi connectivity index (χ0v) is 10.0. The van der Waals surface area contributed by atoms with Gasteiger partial charge in [0.1, 0.15) is 5.82 Å². The highest BCUT2D eigenvalue weighted by atomic mass is 15.3. The van der Waals surface area contributed by atoms with Crippen LogP contribution >= 0.6 is 0 Å². The SMILES string of the molecule is CN1CCC(c2cnn3c(N)ccnc23)CC1. The Hall–Kier alpha value is -1.62. The summed E-state index contributed by atoms with van der Waals surface area (Å²) in [6.45, 7) is 2.29. The maximum absolute atomic E-state index is 5.87. The minimum atomic E-state index is 0.568. The second-order valence-electron chi connectivity index (χ2n) is 4.78. The van der Waals surface area contributed by atoms with Crippen molar-refractivity contribution in [2.45, 2.75) is 18.8 Å². The number of anilines is 1. The zero-order valence-electron chi connectivity index (χ0n) is 10.0. The average Bonchev–Trinajstić information content (AvgIpc) is 2.75. The number of fused-ring (bicyclic) bond motifs is 1. The van der Waals surface area contributed by atoms with Crippen LogP contribution in [0.3, 0.4) is 0 Å². The average molecular weight is 231 g/mol. The van der Waals surface area contributed by atoms with Crippen LogP contribution in [-0.2, 0) is 0 Å². The lowest BCUT2D eigenvalue weighted by Crippen LogP contribution is -2.29. The molecule has 3 heterocycles. The molecule has 5 heteroatoms. The molecule has 2 aromatic rings. The summed E-state index contributed by atoms with van der Waals surface area (Å²) < 4.78 is 1.73. The van der Waals surface area contributed by atoms with Crippen LogP contribution < -0.4 is 5.73 Å². The Morgan fingerprint density at radius 3 is 2.88 bits per heavy atom. The van der Waals surface area contributed by atoms with Gasteiger partial charge in [-0.15, -0.1) is 0 Å². The van der Waals surface area contributed by atoms with Crippen LogP contribution in [0.15, 0.2) is 18.5 Å². The van der Waals surface area contributed by atoms with Crippen molar-refractivity contribution in [2.75, 3.05) is 25.9 Å². The third-order valence-corrected chi connectivity index (χ3v) is 3.62. The van der Waals surface area contributed by atoms with Crippen molar-refractivity contribution in [3.05, 3.63) is 24.0 Å². The van der Waals surface area contributed by atoms with Gasteiger partial charge in [0.15, 0.2) is 5.65 Å². The Morgan fingerprint density at radius 2 is 2.12 bits per heavy atom. The Morgan fingerprint density at radius 1 is 1.35 bits per heavy atom. The number of nitrogen functional groups attached to an aromatic ring is 1. The first-order valence-corrected chi connectivity index (χ1v) is 6.02. The third-order valence-electron chi connectivity index (χ3n) is 3.62. The highest BCUT2D eigenvalue weighted by Gasteiger charge is 2.22. The third kappa shape index (κ3) is 1.76. The van der Waals surface area contributed by atoms with Gasteiger partial charge in [-0.2, -0.15) is 9.61 Å². The fourth-order valence-electron chi connectivity index (χ4n) is 2.54. The number of nitrogens with zero attached hydrogens (tertiary/aromatic N) is 4. The van der Waals surface area contributed by atoms with E-state index in [0.717, 1.165) is 18.7 Å². The number of hydrogen-bond donors (Lipinski definition) is 1. The molecule has 0 radical (unpaired) electrons. The number of piperidine rings is 1. The molecule has 1 aliphatic heterocycles. The van der Waals surface area contributed by atoms with Gasteiger partial charge < -0.3 is 10.6 Å². The lowest BCUT2D eigenvalue weighted by molar-refractivity contribution is 0.256. The Bertz CT molecular complexity index is 525. The van der Waals surface area contributed by atoms with Gasteiger partial charge in [-0.1, -0.05) is 0 Å². The van der Waals surface area contributed by atoms with Crippen molar-refractivity contribution in [3.8, 4) is 0 Å². The number of hydrogen-bond acceptors (Lipinski definition) is 4. The van der Waals surface area contributed by atoms with E-state index in [-0.39, 0.29) is 0 Å². The standard InChI is InChI=1S/C12H17N5/c1-16-6-3-9(4-7-16)10-8-15-17-11(13)2-5-14-12(10)17/h2,5,8-9H,3-4,6-7,13H2,1H3. The Balaban J connectivity index is 1.98. The summed E-state index contributed by atoms with van der Waals surface area (Å²) >= 11 is 0. The van der Waals surface area contributed by atoms with E-state index in [2.05, 4.69) is 22.0 Å². The summed E-state index contributed by atoms with van der Waals surface area (Å²) in [6.07, 6.45) is 6.03. The van der Waals surface area contributed by atoms with Gasteiger partial charge in [0.05, 0.1) is 6.20 Å². The first-order valence-electron chi connectivity index (χ1n) is 6.02. The minimum Gasteiger partial charge on any atom is -0.384 e. The molecule has 0 aliphatic carbocycles. The van der Waals surface area contributed by atoms with Crippen LogP contribution in [0.2, 0.25) is 0 Å². The van der Waals surface area contributed by atoms with Crippen LogP contribution in [0.25, 0.3) is 5.65 Å². The maximum Gasteiger partial charge on any atom is 0.160 e. The molecule has 0 spiro atoms. The number of likely N-dealkylation sites (tertiary alicyclic amines) is 1. The van der Waals surface area contributed by atoms with Gasteiger partial charge in [0.2, 0.25) is 0 Å². The molecule has 0 aromatic carbocycles. The van der Waals surface area contributed by atoms with Crippen LogP contribution in [0, 0.1) is 0 Å². The maximum atomic E-state index is 5.87. The molecular formula is C12H17N5. The normalized spacial score (nSPS) is 18.9. The summed E-state index contributed by atoms with van der Waals surface area (Å²) in [5, 5.41) is 4.33. The molecule has 2 aromatic heterocycles. The number of nitrogens with two attached hydrogens (primary N) is 1. The molecule has 5 nitrogen and oxygen atoms in total. The molecular weight excluding hydrogens is 214 g/mol. The molecule has 1 fully saturated rings. The lowest BCUT2D eigenvalue weighted by Gasteiger charge is -2.28. The van der Waals surface area contributed by atoms with Crippen molar-refractivity contribution in [2.24, 2.45) is 0 Å². The van der Waals surface area contributed by atoms with Crippen molar-refractivity contribution in [1.29, 1.82) is 0 Å². The van der Waals surface area contributed by atoms with Gasteiger partial charge >= 0.3 is 0 Å². The predicted octanol–water partition coefficient (Wildman–Crippen LogP) is 1.12. The predicted molar refractivity (Wildman–Crippen MR) is 66.9 cm³/mol. The molecule has 2 N–H and O–H groups in total. The summed E-state index contributed by atoms with van der Waals surface area (Å²) in [4.78, 5) is 6.77. The number of rotatable bonds is 1. The van der Waals surface area contributed by atoms with Crippen LogP contribution in [-0.4, -0.2) is 39.6 Å². The van der Waals surface area contributed by atoms with Crippen molar-refractivity contribution < 1.29 is 0 Å². The summed E-state index contributed by atoms with van der Waals surface area (Å²) in [7, 11) is 2.17. The fourth-order valence-corrected chi connectivity index (χ4v) is 2.54. The second-order valence-corrected chi connectivity index (χ2v) is 4.78. The van der Waals surface area contributed by atoms with Gasteiger partial charge in [0, 0.05) is 11.8 Å². The van der Waals surface area contributed by atoms with E-state index in [4.69, 9.17) is 5.73 Å². The molecule has 1 aliphatic rings. The van der Waals surface area contributed by atoms with E-state index in [1.807, 2.05) is 6.20 Å². The summed E-state index contributed by atoms with van der Waals surface area (Å²) in [5.41, 5.74) is 8.03. The van der Waals surface area contributed by atoms with E-state index < -0.39 is 0 Å². The second kappa shape index (κ2) is 4.00. The van der Waals surface area contributed by atoms with Gasteiger partial charge in [-0.05, 0) is 45.0 Å². The van der Waals surface area contributed by atoms with Gasteiger partial charge in [-0.25, -0.2) is 4.98 Å². The van der Waals surface area contributed by atoms with Crippen molar-refractivity contribution in [1.82, 2.24) is 19.5 Å². The first-order chi connectivity index (χ1) is 8.25. The molecule has 3 rings (SSSR count). The van der Waals surface area contributed by atoms with E-state index in [0.29, 0.717) is 11.7 Å². The molecule has 0 bridgehead atoms. The molecule has 0 saturated carbocycles. The summed E-state index contributed by atoms with van der Waals surface area (Å²) in [5.74, 6) is 1.21. The summed E-state index contributed by atoms with van der Waals surface area (Å²) in [6, 6.07) is 1.78. The molecule has 90 valence electrons. The molecule has 0 amide bonds. The number of aromatic nitrogens is 3. The van der Waals surface area contributed by atoms with E-state index >= 15 is 0 Å². The van der Waals surface area contributed by atoms with E-state index in [1.54, 1.807) is 16.8 Å². The minimum absolute atomic E-state index is 0.568. The van der Waals surface area contributed by atoms with Crippen molar-refractivity contribution in [3.63, 3.8) is 0 Å². The smallest absolute Gasteiger partial charge is 0.160 e. The Labute approximate surface area is 100 Å². The van der Waals surface area contributed by atoms with Crippen molar-refractivity contribution >= 4 is 11.5 Å². The molecule has 17 heavy (non-hydrogen) atoms. The molecule has 0 unspecified atom stereocenters.